The minimum absolute atomic E-state index is 0.0278. The number of hydrogen-bond acceptors (Lipinski definition) is 9. The molecule has 2 rings (SSSR count). The molecular weight excluding hydrogens is 408 g/mol. The third-order valence-corrected chi connectivity index (χ3v) is 4.96. The maximum atomic E-state index is 12.6. The molecule has 0 bridgehead atoms. The van der Waals surface area contributed by atoms with Gasteiger partial charge in [-0.3, -0.25) is 4.79 Å². The van der Waals surface area contributed by atoms with Crippen LogP contribution in [0.25, 0.3) is 0 Å². The first kappa shape index (κ1) is 24.1. The zero-order valence-corrected chi connectivity index (χ0v) is 17.7. The second kappa shape index (κ2) is 10.2. The normalized spacial score (nSPS) is 29.3. The molecule has 9 nitrogen and oxygen atoms in total. The summed E-state index contributed by atoms with van der Waals surface area (Å²) in [6.07, 6.45) is -0.0297. The number of fused-ring (bicyclic) bond motifs is 1. The van der Waals surface area contributed by atoms with Crippen LogP contribution in [0, 0.1) is 5.92 Å². The van der Waals surface area contributed by atoms with Crippen LogP contribution in [0.3, 0.4) is 0 Å². The van der Waals surface area contributed by atoms with Crippen molar-refractivity contribution in [2.45, 2.75) is 45.0 Å². The van der Waals surface area contributed by atoms with Gasteiger partial charge in [0.2, 0.25) is 0 Å². The first-order valence-corrected chi connectivity index (χ1v) is 9.63. The van der Waals surface area contributed by atoms with E-state index in [4.69, 9.17) is 18.9 Å². The van der Waals surface area contributed by atoms with E-state index < -0.39 is 48.1 Å². The summed E-state index contributed by atoms with van der Waals surface area (Å²) in [5, 5.41) is 9.69. The molecule has 9 heteroatoms. The van der Waals surface area contributed by atoms with Gasteiger partial charge in [-0.15, -0.1) is 0 Å². The van der Waals surface area contributed by atoms with Gasteiger partial charge in [-0.25, -0.2) is 14.4 Å². The Morgan fingerprint density at radius 3 is 2.48 bits per heavy atom. The SMILES string of the molecule is C=C(C)C(=O)O[C@H]1[C@H]2C(=C)C(=O)O[C@@H]2/C=C(/CO)CC/C=C(/C(=O)OC)[C@@H]1OC(C)=O. The Morgan fingerprint density at radius 1 is 1.26 bits per heavy atom. The monoisotopic (exact) mass is 434 g/mol. The van der Waals surface area contributed by atoms with Gasteiger partial charge in [-0.1, -0.05) is 19.2 Å². The Morgan fingerprint density at radius 2 is 1.94 bits per heavy atom. The van der Waals surface area contributed by atoms with E-state index >= 15 is 0 Å². The first-order valence-electron chi connectivity index (χ1n) is 9.63. The highest BCUT2D eigenvalue weighted by Crippen LogP contribution is 2.38. The quantitative estimate of drug-likeness (QED) is 0.295. The number of aliphatic hydroxyl groups excluding tert-OH is 1. The number of carbonyl (C=O) groups excluding carboxylic acids is 4. The second-order valence-electron chi connectivity index (χ2n) is 7.27. The summed E-state index contributed by atoms with van der Waals surface area (Å²) in [6.45, 7) is 9.54. The molecule has 2 aliphatic rings. The van der Waals surface area contributed by atoms with Crippen molar-refractivity contribution in [2.75, 3.05) is 13.7 Å². The minimum Gasteiger partial charge on any atom is -0.466 e. The predicted octanol–water partition coefficient (Wildman–Crippen LogP) is 1.32. The fourth-order valence-corrected chi connectivity index (χ4v) is 3.46. The van der Waals surface area contributed by atoms with Gasteiger partial charge in [0, 0.05) is 18.1 Å². The van der Waals surface area contributed by atoms with E-state index in [-0.39, 0.29) is 29.7 Å². The number of aliphatic hydroxyl groups is 1. The molecule has 1 aliphatic carbocycles. The van der Waals surface area contributed by atoms with E-state index in [0.717, 1.165) is 14.0 Å². The lowest BCUT2D eigenvalue weighted by atomic mass is 9.83. The number of methoxy groups -OCH3 is 1. The molecule has 0 aromatic carbocycles. The molecule has 1 heterocycles. The average molecular weight is 434 g/mol. The van der Waals surface area contributed by atoms with Crippen LogP contribution in [0.2, 0.25) is 0 Å². The molecule has 1 N–H and O–H groups in total. The van der Waals surface area contributed by atoms with E-state index in [0.29, 0.717) is 12.0 Å². The van der Waals surface area contributed by atoms with Crippen LogP contribution in [-0.2, 0) is 38.1 Å². The summed E-state index contributed by atoms with van der Waals surface area (Å²) in [5.74, 6) is -4.09. The second-order valence-corrected chi connectivity index (χ2v) is 7.27. The number of hydrogen-bond donors (Lipinski definition) is 1. The lowest BCUT2D eigenvalue weighted by Gasteiger charge is -2.33. The summed E-state index contributed by atoms with van der Waals surface area (Å²) in [6, 6.07) is 0. The highest BCUT2D eigenvalue weighted by atomic mass is 16.6. The van der Waals surface area contributed by atoms with Crippen LogP contribution < -0.4 is 0 Å². The molecular formula is C22H26O9. The maximum Gasteiger partial charge on any atom is 0.337 e. The van der Waals surface area contributed by atoms with Gasteiger partial charge in [0.05, 0.1) is 25.2 Å². The Balaban J connectivity index is 2.72. The molecule has 4 atom stereocenters. The van der Waals surface area contributed by atoms with Gasteiger partial charge >= 0.3 is 23.9 Å². The van der Waals surface area contributed by atoms with Crippen LogP contribution in [0.15, 0.2) is 47.6 Å². The number of allylic oxidation sites excluding steroid dienone is 1. The highest BCUT2D eigenvalue weighted by Gasteiger charge is 2.50. The maximum absolute atomic E-state index is 12.6. The van der Waals surface area contributed by atoms with Crippen LogP contribution in [0.4, 0.5) is 0 Å². The number of ether oxygens (including phenoxy) is 4. The van der Waals surface area contributed by atoms with Gasteiger partial charge in [0.15, 0.2) is 12.2 Å². The van der Waals surface area contributed by atoms with Crippen LogP contribution in [-0.4, -0.2) is 61.0 Å². The van der Waals surface area contributed by atoms with Crippen molar-refractivity contribution < 1.29 is 43.2 Å². The molecule has 0 aromatic rings. The molecule has 0 spiro atoms. The predicted molar refractivity (Wildman–Crippen MR) is 107 cm³/mol. The number of carbonyl (C=O) groups is 4. The molecule has 168 valence electrons. The Kier molecular flexibility index (Phi) is 7.93. The fraction of sp³-hybridized carbons (Fsp3) is 0.455. The molecule has 0 aromatic heterocycles. The lowest BCUT2D eigenvalue weighted by Crippen LogP contribution is -2.46. The highest BCUT2D eigenvalue weighted by molar-refractivity contribution is 5.93. The topological polar surface area (TPSA) is 125 Å². The van der Waals surface area contributed by atoms with Gasteiger partial charge in [-0.05, 0) is 31.4 Å². The first-order chi connectivity index (χ1) is 14.6. The Labute approximate surface area is 180 Å². The third-order valence-electron chi connectivity index (χ3n) is 4.96. The third kappa shape index (κ3) is 5.49. The molecule has 31 heavy (non-hydrogen) atoms. The largest absolute Gasteiger partial charge is 0.466 e. The standard InChI is InChI=1S/C22H26O9/c1-11(2)20(25)31-19-17-12(3)21(26)30-16(17)9-14(10-23)7-6-8-15(22(27)28-5)18(19)29-13(4)24/h8-9,16-19,23H,1,3,6-7,10H2,2,4-5H3/b14-9+,15-8+/t16-,17+,18+,19+/m1/s1. The van der Waals surface area contributed by atoms with Crippen molar-refractivity contribution in [1.82, 2.24) is 0 Å². The lowest BCUT2D eigenvalue weighted by molar-refractivity contribution is -0.167. The molecule has 0 radical (unpaired) electrons. The van der Waals surface area contributed by atoms with Crippen molar-refractivity contribution in [3.63, 3.8) is 0 Å². The van der Waals surface area contributed by atoms with Gasteiger partial charge in [-0.2, -0.15) is 0 Å². The van der Waals surface area contributed by atoms with E-state index in [9.17, 15) is 24.3 Å². The molecule has 0 amide bonds. The summed E-state index contributed by atoms with van der Waals surface area (Å²) in [5.41, 5.74) is 0.512. The molecule has 1 aliphatic heterocycles. The fourth-order valence-electron chi connectivity index (χ4n) is 3.46. The summed E-state index contributed by atoms with van der Waals surface area (Å²) in [7, 11) is 1.16. The summed E-state index contributed by atoms with van der Waals surface area (Å²) in [4.78, 5) is 49.2. The van der Waals surface area contributed by atoms with E-state index in [2.05, 4.69) is 13.2 Å². The number of rotatable bonds is 5. The molecule has 1 fully saturated rings. The zero-order chi connectivity index (χ0) is 23.3. The van der Waals surface area contributed by atoms with Crippen LogP contribution in [0.1, 0.15) is 26.7 Å². The smallest absolute Gasteiger partial charge is 0.337 e. The Hall–Kier alpha value is -3.20. The van der Waals surface area contributed by atoms with Crippen molar-refractivity contribution in [3.8, 4) is 0 Å². The zero-order valence-electron chi connectivity index (χ0n) is 17.7. The summed E-state index contributed by atoms with van der Waals surface area (Å²) < 4.78 is 21.2. The Bertz CT molecular complexity index is 864. The van der Waals surface area contributed by atoms with E-state index in [1.165, 1.54) is 13.0 Å². The van der Waals surface area contributed by atoms with Crippen molar-refractivity contribution >= 4 is 23.9 Å². The van der Waals surface area contributed by atoms with Crippen molar-refractivity contribution in [3.05, 3.63) is 47.6 Å². The van der Waals surface area contributed by atoms with E-state index in [1.807, 2.05) is 0 Å². The van der Waals surface area contributed by atoms with Crippen molar-refractivity contribution in [2.24, 2.45) is 5.92 Å². The molecule has 0 unspecified atom stereocenters. The van der Waals surface area contributed by atoms with Gasteiger partial charge in [0.1, 0.15) is 6.10 Å². The minimum atomic E-state index is -1.39. The summed E-state index contributed by atoms with van der Waals surface area (Å²) >= 11 is 0. The van der Waals surface area contributed by atoms with Crippen LogP contribution in [0.5, 0.6) is 0 Å². The van der Waals surface area contributed by atoms with E-state index in [1.54, 1.807) is 6.08 Å². The van der Waals surface area contributed by atoms with Gasteiger partial charge < -0.3 is 24.1 Å². The average Bonchev–Trinajstić information content (AvgIpc) is 2.99. The molecule has 0 saturated carbocycles. The van der Waals surface area contributed by atoms with Crippen LogP contribution >= 0.6 is 0 Å². The molecule has 1 saturated heterocycles. The number of esters is 4. The van der Waals surface area contributed by atoms with Gasteiger partial charge in [0.25, 0.3) is 0 Å². The van der Waals surface area contributed by atoms with Crippen molar-refractivity contribution in [1.29, 1.82) is 0 Å².